The second kappa shape index (κ2) is 4.74. The highest BCUT2D eigenvalue weighted by Crippen LogP contribution is 2.34. The molecule has 0 spiro atoms. The third kappa shape index (κ3) is 1.87. The topological polar surface area (TPSA) is 58.2 Å². The van der Waals surface area contributed by atoms with Crippen molar-refractivity contribution in [3.05, 3.63) is 12.2 Å². The minimum Gasteiger partial charge on any atom is -0.302 e. The van der Waals surface area contributed by atoms with Gasteiger partial charge in [0.2, 0.25) is 11.8 Å². The van der Waals surface area contributed by atoms with Crippen LogP contribution in [-0.4, -0.2) is 16.9 Å². The lowest BCUT2D eigenvalue weighted by molar-refractivity contribution is -0.146. The summed E-state index contributed by atoms with van der Waals surface area (Å²) >= 11 is 4.78. The molecular weight excluding hydrogens is 224 g/mol. The Kier molecular flexibility index (Phi) is 3.80. The number of allylic oxidation sites excluding steroid dienone is 2. The Labute approximate surface area is 100 Å². The van der Waals surface area contributed by atoms with E-state index in [1.807, 2.05) is 32.9 Å². The van der Waals surface area contributed by atoms with Crippen LogP contribution in [0.25, 0.3) is 0 Å². The quantitative estimate of drug-likeness (QED) is 0.441. The molecule has 1 saturated heterocycles. The van der Waals surface area contributed by atoms with Crippen molar-refractivity contribution >= 4 is 29.1 Å². The minimum atomic E-state index is -1.05. The molecule has 0 aromatic rings. The van der Waals surface area contributed by atoms with Gasteiger partial charge in [0, 0.05) is 0 Å². The molecule has 2 N–H and O–H groups in total. The molecular formula is C11H16N2O2S. The molecule has 1 aliphatic rings. The SMILES string of the molecule is C/C=C\[C@H](C)C1(CC)C(=O)NC(=S)NC1=O. The Morgan fingerprint density at radius 1 is 1.38 bits per heavy atom. The zero-order valence-electron chi connectivity index (χ0n) is 9.66. The van der Waals surface area contributed by atoms with Crippen molar-refractivity contribution in [2.24, 2.45) is 11.3 Å². The summed E-state index contributed by atoms with van der Waals surface area (Å²) in [5.74, 6) is -0.783. The predicted molar refractivity (Wildman–Crippen MR) is 65.6 cm³/mol. The number of rotatable bonds is 3. The molecule has 2 amide bonds. The Balaban J connectivity index is 3.15. The lowest BCUT2D eigenvalue weighted by Crippen LogP contribution is -2.64. The molecule has 0 saturated carbocycles. The van der Waals surface area contributed by atoms with Crippen molar-refractivity contribution in [2.45, 2.75) is 27.2 Å². The van der Waals surface area contributed by atoms with Crippen LogP contribution < -0.4 is 10.6 Å². The number of hydrogen-bond acceptors (Lipinski definition) is 3. The van der Waals surface area contributed by atoms with Crippen LogP contribution in [0.2, 0.25) is 0 Å². The molecule has 1 rings (SSSR count). The van der Waals surface area contributed by atoms with E-state index in [1.54, 1.807) is 0 Å². The van der Waals surface area contributed by atoms with Crippen molar-refractivity contribution < 1.29 is 9.59 Å². The standard InChI is InChI=1S/C11H16N2O2S/c1-4-6-7(3)11(5-2)8(14)12-10(16)13-9(11)15/h4,6-7H,5H2,1-3H3,(H2,12,13,14,15,16)/b6-4-/t7-/m0/s1. The van der Waals surface area contributed by atoms with Crippen molar-refractivity contribution in [3.8, 4) is 0 Å². The molecule has 4 nitrogen and oxygen atoms in total. The fraction of sp³-hybridized carbons (Fsp3) is 0.545. The van der Waals surface area contributed by atoms with Gasteiger partial charge in [-0.25, -0.2) is 0 Å². The van der Waals surface area contributed by atoms with E-state index >= 15 is 0 Å². The molecule has 16 heavy (non-hydrogen) atoms. The van der Waals surface area contributed by atoms with Crippen LogP contribution in [-0.2, 0) is 9.59 Å². The van der Waals surface area contributed by atoms with Gasteiger partial charge in [0.05, 0.1) is 0 Å². The monoisotopic (exact) mass is 240 g/mol. The van der Waals surface area contributed by atoms with Gasteiger partial charge in [0.25, 0.3) is 0 Å². The predicted octanol–water partition coefficient (Wildman–Crippen LogP) is 1.13. The first-order valence-electron chi connectivity index (χ1n) is 5.28. The fourth-order valence-electron chi connectivity index (χ4n) is 2.07. The molecule has 0 bridgehead atoms. The largest absolute Gasteiger partial charge is 0.302 e. The first-order valence-corrected chi connectivity index (χ1v) is 5.69. The summed E-state index contributed by atoms with van der Waals surface area (Å²) in [4.78, 5) is 24.0. The van der Waals surface area contributed by atoms with Crippen LogP contribution >= 0.6 is 12.2 Å². The summed E-state index contributed by atoms with van der Waals surface area (Å²) in [7, 11) is 0. The van der Waals surface area contributed by atoms with Crippen molar-refractivity contribution in [2.75, 3.05) is 0 Å². The third-order valence-corrected chi connectivity index (χ3v) is 3.28. The maximum absolute atomic E-state index is 12.0. The van der Waals surface area contributed by atoms with E-state index in [-0.39, 0.29) is 22.8 Å². The Bertz CT molecular complexity index is 343. The second-order valence-corrected chi connectivity index (χ2v) is 4.28. The van der Waals surface area contributed by atoms with E-state index in [4.69, 9.17) is 12.2 Å². The van der Waals surface area contributed by atoms with Crippen LogP contribution in [0.3, 0.4) is 0 Å². The highest BCUT2D eigenvalue weighted by Gasteiger charge is 2.50. The van der Waals surface area contributed by atoms with Crippen molar-refractivity contribution in [1.29, 1.82) is 0 Å². The first kappa shape index (κ1) is 12.8. The van der Waals surface area contributed by atoms with Gasteiger partial charge >= 0.3 is 0 Å². The number of amides is 2. The summed E-state index contributed by atoms with van der Waals surface area (Å²) in [6, 6.07) is 0. The number of hydrogen-bond donors (Lipinski definition) is 2. The average Bonchev–Trinajstić information content (AvgIpc) is 2.18. The number of thiocarbonyl (C=S) groups is 1. The number of carbonyl (C=O) groups is 2. The molecule has 1 atom stereocenters. The van der Waals surface area contributed by atoms with Gasteiger partial charge in [0.15, 0.2) is 5.11 Å². The van der Waals surface area contributed by atoms with Gasteiger partial charge in [-0.05, 0) is 31.5 Å². The van der Waals surface area contributed by atoms with E-state index in [0.29, 0.717) is 6.42 Å². The van der Waals surface area contributed by atoms with Crippen LogP contribution in [0.15, 0.2) is 12.2 Å². The van der Waals surface area contributed by atoms with Crippen LogP contribution in [0.5, 0.6) is 0 Å². The van der Waals surface area contributed by atoms with E-state index in [1.165, 1.54) is 0 Å². The second-order valence-electron chi connectivity index (χ2n) is 3.88. The molecule has 0 radical (unpaired) electrons. The van der Waals surface area contributed by atoms with Crippen LogP contribution in [0.4, 0.5) is 0 Å². The van der Waals surface area contributed by atoms with Gasteiger partial charge in [0.1, 0.15) is 5.41 Å². The zero-order chi connectivity index (χ0) is 12.3. The van der Waals surface area contributed by atoms with E-state index in [9.17, 15) is 9.59 Å². The molecule has 0 aromatic carbocycles. The molecule has 88 valence electrons. The molecule has 5 heteroatoms. The maximum atomic E-state index is 12.0. The summed E-state index contributed by atoms with van der Waals surface area (Å²) in [5.41, 5.74) is -1.05. The third-order valence-electron chi connectivity index (χ3n) is 3.08. The van der Waals surface area contributed by atoms with Crippen molar-refractivity contribution in [1.82, 2.24) is 10.6 Å². The average molecular weight is 240 g/mol. The highest BCUT2D eigenvalue weighted by molar-refractivity contribution is 7.80. The lowest BCUT2D eigenvalue weighted by atomic mass is 9.71. The van der Waals surface area contributed by atoms with E-state index in [2.05, 4.69) is 10.6 Å². The molecule has 1 aliphatic heterocycles. The van der Waals surface area contributed by atoms with Crippen LogP contribution in [0, 0.1) is 11.3 Å². The fourth-order valence-corrected chi connectivity index (χ4v) is 2.26. The minimum absolute atomic E-state index is 0.0896. The van der Waals surface area contributed by atoms with E-state index in [0.717, 1.165) is 0 Å². The summed E-state index contributed by atoms with van der Waals surface area (Å²) in [6.07, 6.45) is 4.14. The van der Waals surface area contributed by atoms with Gasteiger partial charge in [-0.15, -0.1) is 0 Å². The molecule has 1 fully saturated rings. The smallest absolute Gasteiger partial charge is 0.242 e. The van der Waals surface area contributed by atoms with Crippen LogP contribution in [0.1, 0.15) is 27.2 Å². The van der Waals surface area contributed by atoms with Gasteiger partial charge < -0.3 is 10.6 Å². The normalized spacial score (nSPS) is 21.8. The molecule has 0 aromatic heterocycles. The summed E-state index contributed by atoms with van der Waals surface area (Å²) < 4.78 is 0. The number of nitrogens with one attached hydrogen (secondary N) is 2. The summed E-state index contributed by atoms with van der Waals surface area (Å²) in [6.45, 7) is 5.55. The van der Waals surface area contributed by atoms with E-state index < -0.39 is 5.41 Å². The van der Waals surface area contributed by atoms with Gasteiger partial charge in [-0.2, -0.15) is 0 Å². The Hall–Kier alpha value is -1.23. The van der Waals surface area contributed by atoms with Crippen molar-refractivity contribution in [3.63, 3.8) is 0 Å². The number of carbonyl (C=O) groups excluding carboxylic acids is 2. The van der Waals surface area contributed by atoms with Gasteiger partial charge in [-0.1, -0.05) is 26.0 Å². The summed E-state index contributed by atoms with van der Waals surface area (Å²) in [5, 5.41) is 5.12. The molecule has 0 unspecified atom stereocenters. The van der Waals surface area contributed by atoms with Gasteiger partial charge in [-0.3, -0.25) is 9.59 Å². The Morgan fingerprint density at radius 2 is 1.88 bits per heavy atom. The molecule has 0 aliphatic carbocycles. The maximum Gasteiger partial charge on any atom is 0.242 e. The lowest BCUT2D eigenvalue weighted by Gasteiger charge is -2.37. The highest BCUT2D eigenvalue weighted by atomic mass is 32.1. The first-order chi connectivity index (χ1) is 7.48. The Morgan fingerprint density at radius 3 is 2.25 bits per heavy atom. The molecule has 1 heterocycles. The zero-order valence-corrected chi connectivity index (χ0v) is 10.5.